The second-order valence-corrected chi connectivity index (χ2v) is 3.74. The van der Waals surface area contributed by atoms with Gasteiger partial charge < -0.3 is 10.5 Å². The number of ether oxygens (including phenoxy) is 1. The first-order valence-corrected chi connectivity index (χ1v) is 5.46. The molecule has 0 bridgehead atoms. The molecule has 0 aliphatic carbocycles. The number of nitrogen functional groups attached to an aromatic ring is 1. The highest BCUT2D eigenvalue weighted by Gasteiger charge is 2.01. The van der Waals surface area contributed by atoms with E-state index in [1.807, 2.05) is 12.1 Å². The molecule has 4 heteroatoms. The maximum Gasteiger partial charge on any atom is 0.161 e. The van der Waals surface area contributed by atoms with Crippen molar-refractivity contribution in [2.24, 2.45) is 0 Å². The molecule has 0 aliphatic rings. The predicted octanol–water partition coefficient (Wildman–Crippen LogP) is 1.91. The van der Waals surface area contributed by atoms with E-state index in [0.717, 1.165) is 18.6 Å². The third-order valence-electron chi connectivity index (χ3n) is 2.48. The minimum absolute atomic E-state index is 0.485. The molecule has 2 N–H and O–H groups in total. The SMILES string of the molecule is COCCc1ccc(-c2nccc(N)n2)cc1. The van der Waals surface area contributed by atoms with Crippen LogP contribution in [0.1, 0.15) is 5.56 Å². The standard InChI is InChI=1S/C13H15N3O/c1-17-9-7-10-2-4-11(5-3-10)13-15-8-6-12(14)16-13/h2-6,8H,7,9H2,1H3,(H2,14,15,16). The van der Waals surface area contributed by atoms with Crippen LogP contribution in [0.25, 0.3) is 11.4 Å². The summed E-state index contributed by atoms with van der Waals surface area (Å²) in [6.07, 6.45) is 2.57. The van der Waals surface area contributed by atoms with Gasteiger partial charge in [-0.3, -0.25) is 0 Å². The van der Waals surface area contributed by atoms with Crippen LogP contribution in [0.3, 0.4) is 0 Å². The molecule has 88 valence electrons. The summed E-state index contributed by atoms with van der Waals surface area (Å²) in [5.74, 6) is 1.14. The van der Waals surface area contributed by atoms with Gasteiger partial charge in [0.05, 0.1) is 6.61 Å². The third kappa shape index (κ3) is 3.01. The smallest absolute Gasteiger partial charge is 0.161 e. The largest absolute Gasteiger partial charge is 0.384 e. The fourth-order valence-corrected chi connectivity index (χ4v) is 1.55. The Morgan fingerprint density at radius 3 is 2.59 bits per heavy atom. The van der Waals surface area contributed by atoms with Crippen LogP contribution >= 0.6 is 0 Å². The van der Waals surface area contributed by atoms with Crippen molar-refractivity contribution in [3.05, 3.63) is 42.1 Å². The molecule has 0 amide bonds. The van der Waals surface area contributed by atoms with Crippen molar-refractivity contribution >= 4 is 5.82 Å². The number of methoxy groups -OCH3 is 1. The quantitative estimate of drug-likeness (QED) is 0.870. The lowest BCUT2D eigenvalue weighted by Crippen LogP contribution is -1.96. The molecule has 0 spiro atoms. The fourth-order valence-electron chi connectivity index (χ4n) is 1.55. The lowest BCUT2D eigenvalue weighted by atomic mass is 10.1. The summed E-state index contributed by atoms with van der Waals surface area (Å²) in [6.45, 7) is 0.730. The molecule has 2 rings (SSSR count). The van der Waals surface area contributed by atoms with Crippen LogP contribution in [-0.2, 0) is 11.2 Å². The molecule has 1 heterocycles. The van der Waals surface area contributed by atoms with Gasteiger partial charge in [0.1, 0.15) is 5.82 Å². The maximum atomic E-state index is 5.62. The Balaban J connectivity index is 2.17. The number of nitrogens with two attached hydrogens (primary N) is 1. The van der Waals surface area contributed by atoms with Gasteiger partial charge in [-0.15, -0.1) is 0 Å². The predicted molar refractivity (Wildman–Crippen MR) is 67.5 cm³/mol. The first-order chi connectivity index (χ1) is 8.29. The number of rotatable bonds is 4. The lowest BCUT2D eigenvalue weighted by Gasteiger charge is -2.03. The number of aromatic nitrogens is 2. The van der Waals surface area contributed by atoms with E-state index >= 15 is 0 Å². The Bertz CT molecular complexity index is 482. The monoisotopic (exact) mass is 229 g/mol. The van der Waals surface area contributed by atoms with Gasteiger partial charge >= 0.3 is 0 Å². The zero-order chi connectivity index (χ0) is 12.1. The van der Waals surface area contributed by atoms with E-state index in [9.17, 15) is 0 Å². The highest BCUT2D eigenvalue weighted by Crippen LogP contribution is 2.16. The molecular formula is C13H15N3O. The van der Waals surface area contributed by atoms with Crippen molar-refractivity contribution in [1.82, 2.24) is 9.97 Å². The molecule has 0 saturated heterocycles. The van der Waals surface area contributed by atoms with Gasteiger partial charge in [0.25, 0.3) is 0 Å². The average molecular weight is 229 g/mol. The van der Waals surface area contributed by atoms with Crippen molar-refractivity contribution in [3.8, 4) is 11.4 Å². The van der Waals surface area contributed by atoms with E-state index in [2.05, 4.69) is 22.1 Å². The van der Waals surface area contributed by atoms with Gasteiger partial charge in [-0.25, -0.2) is 9.97 Å². The zero-order valence-corrected chi connectivity index (χ0v) is 9.76. The number of anilines is 1. The van der Waals surface area contributed by atoms with Crippen LogP contribution in [-0.4, -0.2) is 23.7 Å². The van der Waals surface area contributed by atoms with Crippen molar-refractivity contribution in [1.29, 1.82) is 0 Å². The zero-order valence-electron chi connectivity index (χ0n) is 9.76. The minimum Gasteiger partial charge on any atom is -0.384 e. The van der Waals surface area contributed by atoms with Gasteiger partial charge in [0.2, 0.25) is 0 Å². The Morgan fingerprint density at radius 2 is 1.94 bits per heavy atom. The molecule has 0 saturated carbocycles. The number of benzene rings is 1. The summed E-state index contributed by atoms with van der Waals surface area (Å²) in [5, 5.41) is 0. The number of hydrogen-bond acceptors (Lipinski definition) is 4. The van der Waals surface area contributed by atoms with E-state index in [1.165, 1.54) is 5.56 Å². The second kappa shape index (κ2) is 5.41. The van der Waals surface area contributed by atoms with Crippen LogP contribution in [0.5, 0.6) is 0 Å². The van der Waals surface area contributed by atoms with Crippen LogP contribution in [0, 0.1) is 0 Å². The Kier molecular flexibility index (Phi) is 3.67. The summed E-state index contributed by atoms with van der Waals surface area (Å²) in [4.78, 5) is 8.36. The van der Waals surface area contributed by atoms with Crippen molar-refractivity contribution < 1.29 is 4.74 Å². The van der Waals surface area contributed by atoms with E-state index in [-0.39, 0.29) is 0 Å². The molecule has 0 fully saturated rings. The van der Waals surface area contributed by atoms with E-state index in [4.69, 9.17) is 10.5 Å². The minimum atomic E-state index is 0.485. The Hall–Kier alpha value is -1.94. The molecule has 0 radical (unpaired) electrons. The molecule has 1 aromatic heterocycles. The number of nitrogens with zero attached hydrogens (tertiary/aromatic N) is 2. The van der Waals surface area contributed by atoms with E-state index < -0.39 is 0 Å². The van der Waals surface area contributed by atoms with Gasteiger partial charge in [0, 0.05) is 18.9 Å². The van der Waals surface area contributed by atoms with Gasteiger partial charge in [0.15, 0.2) is 5.82 Å². The molecule has 1 aromatic carbocycles. The first-order valence-electron chi connectivity index (χ1n) is 5.46. The van der Waals surface area contributed by atoms with Crippen molar-refractivity contribution in [2.45, 2.75) is 6.42 Å². The molecule has 4 nitrogen and oxygen atoms in total. The first kappa shape index (κ1) is 11.5. The van der Waals surface area contributed by atoms with Crippen LogP contribution in [0.15, 0.2) is 36.5 Å². The summed E-state index contributed by atoms with van der Waals surface area (Å²) < 4.78 is 5.04. The maximum absolute atomic E-state index is 5.62. The van der Waals surface area contributed by atoms with Crippen LogP contribution in [0.4, 0.5) is 5.82 Å². The molecule has 17 heavy (non-hydrogen) atoms. The summed E-state index contributed by atoms with van der Waals surface area (Å²) >= 11 is 0. The number of hydrogen-bond donors (Lipinski definition) is 1. The van der Waals surface area contributed by atoms with Crippen LogP contribution in [0.2, 0.25) is 0 Å². The highest BCUT2D eigenvalue weighted by molar-refractivity contribution is 5.56. The molecule has 0 unspecified atom stereocenters. The van der Waals surface area contributed by atoms with Gasteiger partial charge in [-0.1, -0.05) is 24.3 Å². The third-order valence-corrected chi connectivity index (χ3v) is 2.48. The second-order valence-electron chi connectivity index (χ2n) is 3.74. The van der Waals surface area contributed by atoms with Gasteiger partial charge in [-0.05, 0) is 18.1 Å². The summed E-state index contributed by atoms with van der Waals surface area (Å²) in [7, 11) is 1.70. The summed E-state index contributed by atoms with van der Waals surface area (Å²) in [6, 6.07) is 9.79. The molecule has 0 aliphatic heterocycles. The highest BCUT2D eigenvalue weighted by atomic mass is 16.5. The van der Waals surface area contributed by atoms with Crippen molar-refractivity contribution in [3.63, 3.8) is 0 Å². The van der Waals surface area contributed by atoms with E-state index in [0.29, 0.717) is 11.6 Å². The van der Waals surface area contributed by atoms with E-state index in [1.54, 1.807) is 19.4 Å². The Labute approximate surface area is 100 Å². The molecule has 2 aromatic rings. The van der Waals surface area contributed by atoms with Crippen LogP contribution < -0.4 is 5.73 Å². The summed E-state index contributed by atoms with van der Waals surface area (Å²) in [5.41, 5.74) is 7.83. The van der Waals surface area contributed by atoms with Crippen molar-refractivity contribution in [2.75, 3.05) is 19.5 Å². The Morgan fingerprint density at radius 1 is 1.18 bits per heavy atom. The molecular weight excluding hydrogens is 214 g/mol. The lowest BCUT2D eigenvalue weighted by molar-refractivity contribution is 0.202. The molecule has 0 atom stereocenters. The fraction of sp³-hybridized carbons (Fsp3) is 0.231. The average Bonchev–Trinajstić information content (AvgIpc) is 2.37. The normalized spacial score (nSPS) is 10.4. The van der Waals surface area contributed by atoms with Gasteiger partial charge in [-0.2, -0.15) is 0 Å². The topological polar surface area (TPSA) is 61.0 Å².